The van der Waals surface area contributed by atoms with Gasteiger partial charge in [0.2, 0.25) is 0 Å². The van der Waals surface area contributed by atoms with E-state index in [1.807, 2.05) is 12.3 Å². The highest BCUT2D eigenvalue weighted by atomic mass is 79.9. The summed E-state index contributed by atoms with van der Waals surface area (Å²) in [6.07, 6.45) is 3.44. The van der Waals surface area contributed by atoms with Crippen molar-refractivity contribution in [2.75, 3.05) is 0 Å². The van der Waals surface area contributed by atoms with E-state index in [-0.39, 0.29) is 0 Å². The molecule has 0 radical (unpaired) electrons. The van der Waals surface area contributed by atoms with Gasteiger partial charge in [-0.15, -0.1) is 0 Å². The normalized spacial score (nSPS) is 10.8. The van der Waals surface area contributed by atoms with E-state index >= 15 is 0 Å². The topological polar surface area (TPSA) is 30.2 Å². The van der Waals surface area contributed by atoms with Crippen LogP contribution in [0.1, 0.15) is 5.56 Å². The van der Waals surface area contributed by atoms with Crippen LogP contribution in [0.15, 0.2) is 23.1 Å². The van der Waals surface area contributed by atoms with Crippen LogP contribution in [0, 0.1) is 0 Å². The number of rotatable bonds is 1. The first-order valence-corrected chi connectivity index (χ1v) is 5.26. The molecule has 2 aromatic rings. The van der Waals surface area contributed by atoms with Gasteiger partial charge in [0, 0.05) is 16.0 Å². The lowest BCUT2D eigenvalue weighted by atomic mass is 10.3. The minimum absolute atomic E-state index is 0.816. The highest BCUT2D eigenvalue weighted by molar-refractivity contribution is 9.10. The molecule has 5 heteroatoms. The Bertz CT molecular complexity index is 410. The first-order valence-electron chi connectivity index (χ1n) is 3.35. The molecule has 2 heterocycles. The lowest BCUT2D eigenvalue weighted by Gasteiger charge is -1.99. The van der Waals surface area contributed by atoms with Gasteiger partial charge in [0.1, 0.15) is 6.33 Å². The van der Waals surface area contributed by atoms with Crippen LogP contribution in [-0.4, -0.2) is 14.6 Å². The Balaban J connectivity index is 2.73. The molecule has 0 saturated heterocycles. The molecule has 0 aromatic carbocycles. The summed E-state index contributed by atoms with van der Waals surface area (Å²) in [6, 6.07) is 1.99. The Morgan fingerprint density at radius 3 is 3.08 bits per heavy atom. The van der Waals surface area contributed by atoms with E-state index in [4.69, 9.17) is 0 Å². The van der Waals surface area contributed by atoms with E-state index < -0.39 is 0 Å². The Hall–Kier alpha value is -0.420. The van der Waals surface area contributed by atoms with E-state index in [2.05, 4.69) is 41.9 Å². The lowest BCUT2D eigenvalue weighted by molar-refractivity contribution is 0.951. The number of fused-ring (bicyclic) bond motifs is 1. The largest absolute Gasteiger partial charge is 0.220 e. The van der Waals surface area contributed by atoms with Gasteiger partial charge in [-0.2, -0.15) is 5.10 Å². The average Bonchev–Trinajstić information content (AvgIpc) is 2.49. The SMILES string of the molecule is BrCc1cc2ncnn2cc1Br. The maximum atomic E-state index is 4.08. The standard InChI is InChI=1S/C7H5Br2N3/c8-2-5-1-7-10-4-11-12(7)3-6(5)9/h1,3-4H,2H2. The Morgan fingerprint density at radius 2 is 2.33 bits per heavy atom. The van der Waals surface area contributed by atoms with Crippen LogP contribution in [0.3, 0.4) is 0 Å². The molecule has 0 saturated carbocycles. The third-order valence-corrected chi connectivity index (χ3v) is 2.91. The van der Waals surface area contributed by atoms with Crippen LogP contribution in [0.25, 0.3) is 5.65 Å². The van der Waals surface area contributed by atoms with E-state index in [1.165, 1.54) is 5.56 Å². The fourth-order valence-corrected chi connectivity index (χ4v) is 2.27. The van der Waals surface area contributed by atoms with Gasteiger partial charge in [-0.1, -0.05) is 15.9 Å². The maximum absolute atomic E-state index is 4.08. The molecular formula is C7H5Br2N3. The summed E-state index contributed by atoms with van der Waals surface area (Å²) in [5.41, 5.74) is 2.04. The van der Waals surface area contributed by atoms with Crippen molar-refractivity contribution in [1.82, 2.24) is 14.6 Å². The van der Waals surface area contributed by atoms with Crippen molar-refractivity contribution >= 4 is 37.5 Å². The van der Waals surface area contributed by atoms with Crippen molar-refractivity contribution in [3.63, 3.8) is 0 Å². The molecule has 0 unspecified atom stereocenters. The zero-order valence-electron chi connectivity index (χ0n) is 6.04. The second-order valence-corrected chi connectivity index (χ2v) is 3.76. The molecule has 62 valence electrons. The predicted octanol–water partition coefficient (Wildman–Crippen LogP) is 2.39. The summed E-state index contributed by atoms with van der Waals surface area (Å²) >= 11 is 6.84. The van der Waals surface area contributed by atoms with Crippen LogP contribution in [0.5, 0.6) is 0 Å². The quantitative estimate of drug-likeness (QED) is 0.755. The van der Waals surface area contributed by atoms with Gasteiger partial charge < -0.3 is 0 Å². The van der Waals surface area contributed by atoms with Crippen LogP contribution in [0.4, 0.5) is 0 Å². The van der Waals surface area contributed by atoms with E-state index in [9.17, 15) is 0 Å². The molecule has 2 rings (SSSR count). The van der Waals surface area contributed by atoms with Crippen molar-refractivity contribution in [2.24, 2.45) is 0 Å². The zero-order valence-corrected chi connectivity index (χ0v) is 9.21. The van der Waals surface area contributed by atoms with E-state index in [0.29, 0.717) is 0 Å². The van der Waals surface area contributed by atoms with Crippen LogP contribution in [0.2, 0.25) is 0 Å². The summed E-state index contributed by atoms with van der Waals surface area (Å²) in [5, 5.41) is 4.83. The number of hydrogen-bond donors (Lipinski definition) is 0. The first-order chi connectivity index (χ1) is 5.81. The average molecular weight is 291 g/mol. The van der Waals surface area contributed by atoms with Gasteiger partial charge in [-0.05, 0) is 27.6 Å². The van der Waals surface area contributed by atoms with Gasteiger partial charge in [-0.3, -0.25) is 0 Å². The Kier molecular flexibility index (Phi) is 2.14. The van der Waals surface area contributed by atoms with Gasteiger partial charge >= 0.3 is 0 Å². The fourth-order valence-electron chi connectivity index (χ4n) is 0.979. The molecule has 2 aromatic heterocycles. The van der Waals surface area contributed by atoms with E-state index in [0.717, 1.165) is 15.4 Å². The molecule has 12 heavy (non-hydrogen) atoms. The highest BCUT2D eigenvalue weighted by Gasteiger charge is 2.01. The molecule has 0 aliphatic carbocycles. The number of nitrogens with zero attached hydrogens (tertiary/aromatic N) is 3. The third kappa shape index (κ3) is 1.27. The van der Waals surface area contributed by atoms with Gasteiger partial charge in [-0.25, -0.2) is 9.50 Å². The van der Waals surface area contributed by atoms with Gasteiger partial charge in [0.15, 0.2) is 5.65 Å². The summed E-state index contributed by atoms with van der Waals surface area (Å²) in [4.78, 5) is 4.08. The second kappa shape index (κ2) is 3.14. The second-order valence-electron chi connectivity index (χ2n) is 2.34. The molecule has 0 fully saturated rings. The molecule has 0 N–H and O–H groups in total. The number of alkyl halides is 1. The van der Waals surface area contributed by atoms with Crippen LogP contribution >= 0.6 is 31.9 Å². The van der Waals surface area contributed by atoms with Crippen molar-refractivity contribution in [3.05, 3.63) is 28.6 Å². The molecule has 0 bridgehead atoms. The fraction of sp³-hybridized carbons (Fsp3) is 0.143. The van der Waals surface area contributed by atoms with Crippen molar-refractivity contribution in [2.45, 2.75) is 5.33 Å². The summed E-state index contributed by atoms with van der Waals surface area (Å²) in [5.74, 6) is 0. The minimum atomic E-state index is 0.816. The third-order valence-electron chi connectivity index (χ3n) is 1.59. The van der Waals surface area contributed by atoms with Crippen molar-refractivity contribution < 1.29 is 0 Å². The molecule has 3 nitrogen and oxygen atoms in total. The lowest BCUT2D eigenvalue weighted by Crippen LogP contribution is -1.90. The predicted molar refractivity (Wildman–Crippen MR) is 53.3 cm³/mol. The number of pyridine rings is 1. The molecule has 0 spiro atoms. The summed E-state index contributed by atoms with van der Waals surface area (Å²) in [6.45, 7) is 0. The summed E-state index contributed by atoms with van der Waals surface area (Å²) < 4.78 is 2.77. The molecular weight excluding hydrogens is 286 g/mol. The number of hydrogen-bond acceptors (Lipinski definition) is 2. The van der Waals surface area contributed by atoms with Crippen LogP contribution < -0.4 is 0 Å². The highest BCUT2D eigenvalue weighted by Crippen LogP contribution is 2.19. The molecule has 0 amide bonds. The van der Waals surface area contributed by atoms with Gasteiger partial charge in [0.05, 0.1) is 0 Å². The molecule has 0 atom stereocenters. The summed E-state index contributed by atoms with van der Waals surface area (Å²) in [7, 11) is 0. The smallest absolute Gasteiger partial charge is 0.155 e. The van der Waals surface area contributed by atoms with Crippen molar-refractivity contribution in [1.29, 1.82) is 0 Å². The Labute approximate surface area is 86.1 Å². The minimum Gasteiger partial charge on any atom is -0.220 e. The maximum Gasteiger partial charge on any atom is 0.155 e. The zero-order chi connectivity index (χ0) is 8.55. The molecule has 0 aliphatic heterocycles. The Morgan fingerprint density at radius 1 is 1.50 bits per heavy atom. The number of aromatic nitrogens is 3. The monoisotopic (exact) mass is 289 g/mol. The van der Waals surface area contributed by atoms with Gasteiger partial charge in [0.25, 0.3) is 0 Å². The number of halogens is 2. The van der Waals surface area contributed by atoms with Crippen molar-refractivity contribution in [3.8, 4) is 0 Å². The van der Waals surface area contributed by atoms with E-state index in [1.54, 1.807) is 10.8 Å². The van der Waals surface area contributed by atoms with Crippen LogP contribution in [-0.2, 0) is 5.33 Å². The first kappa shape index (κ1) is 8.19. The molecule has 0 aliphatic rings.